The first-order valence-electron chi connectivity index (χ1n) is 9.86. The maximum absolute atomic E-state index is 12.6. The number of carbonyl (C=O) groups is 4. The fourth-order valence-electron chi connectivity index (χ4n) is 2.59. The Morgan fingerprint density at radius 3 is 2.16 bits per heavy atom. The van der Waals surface area contributed by atoms with Crippen LogP contribution in [0.4, 0.5) is 0 Å². The first-order valence-corrected chi connectivity index (χ1v) is 11.9. The molecule has 4 unspecified atom stereocenters. The number of rotatable bonds is 13. The molecule has 0 aliphatic heterocycles. The lowest BCUT2D eigenvalue weighted by Gasteiger charge is -2.23. The number of carboxylic acid groups (broad SMARTS) is 1. The molecule has 1 aromatic rings. The van der Waals surface area contributed by atoms with Gasteiger partial charge in [0.15, 0.2) is 0 Å². The summed E-state index contributed by atoms with van der Waals surface area (Å²) in [6.45, 7) is 1.45. The van der Waals surface area contributed by atoms with Crippen molar-refractivity contribution >= 4 is 48.1 Å². The van der Waals surface area contributed by atoms with Gasteiger partial charge in [0.25, 0.3) is 0 Å². The molecule has 1 rings (SSSR count). The Bertz CT molecular complexity index is 793. The number of nitrogens with two attached hydrogens (primary N) is 1. The van der Waals surface area contributed by atoms with Crippen molar-refractivity contribution in [1.29, 1.82) is 0 Å². The molecule has 0 radical (unpaired) electrons. The zero-order valence-electron chi connectivity index (χ0n) is 17.9. The molecule has 0 bridgehead atoms. The number of thiol groups is 1. The number of carboxylic acids is 1. The summed E-state index contributed by atoms with van der Waals surface area (Å²) in [5.41, 5.74) is 6.37. The Balaban J connectivity index is 2.68. The molecule has 0 aliphatic rings. The van der Waals surface area contributed by atoms with Crippen molar-refractivity contribution in [2.45, 2.75) is 43.9 Å². The molecule has 32 heavy (non-hydrogen) atoms. The molecule has 7 N–H and O–H groups in total. The molecule has 0 aromatic heterocycles. The van der Waals surface area contributed by atoms with Gasteiger partial charge < -0.3 is 31.9 Å². The molecule has 0 aliphatic carbocycles. The van der Waals surface area contributed by atoms with Crippen LogP contribution in [0.25, 0.3) is 0 Å². The number of phenols is 1. The van der Waals surface area contributed by atoms with E-state index >= 15 is 0 Å². The maximum atomic E-state index is 12.6. The van der Waals surface area contributed by atoms with Crippen LogP contribution in [0.5, 0.6) is 5.75 Å². The lowest BCUT2D eigenvalue weighted by atomic mass is 10.1. The van der Waals surface area contributed by atoms with E-state index in [-0.39, 0.29) is 17.9 Å². The number of carbonyl (C=O) groups excluding carboxylic acids is 3. The smallest absolute Gasteiger partial charge is 0.326 e. The lowest BCUT2D eigenvalue weighted by Crippen LogP contribution is -2.57. The van der Waals surface area contributed by atoms with Crippen LogP contribution in [0.2, 0.25) is 0 Å². The summed E-state index contributed by atoms with van der Waals surface area (Å²) in [5.74, 6) is -2.44. The number of hydrogen-bond donors (Lipinski definition) is 7. The maximum Gasteiger partial charge on any atom is 0.326 e. The number of nitrogens with one attached hydrogen (secondary N) is 3. The van der Waals surface area contributed by atoms with Crippen molar-refractivity contribution in [3.8, 4) is 5.75 Å². The van der Waals surface area contributed by atoms with E-state index in [1.54, 1.807) is 23.9 Å². The minimum atomic E-state index is -1.25. The molecule has 3 amide bonds. The Labute approximate surface area is 196 Å². The van der Waals surface area contributed by atoms with Gasteiger partial charge in [-0.25, -0.2) is 4.79 Å². The quantitative estimate of drug-likeness (QED) is 0.183. The molecule has 0 saturated heterocycles. The molecule has 0 fully saturated rings. The number of benzene rings is 1. The molecule has 12 heteroatoms. The van der Waals surface area contributed by atoms with E-state index < -0.39 is 47.9 Å². The summed E-state index contributed by atoms with van der Waals surface area (Å²) in [6, 6.07) is 1.84. The Morgan fingerprint density at radius 2 is 1.62 bits per heavy atom. The minimum Gasteiger partial charge on any atom is -0.508 e. The number of phenolic OH excluding ortho intramolecular Hbond substituents is 1. The third-order valence-electron chi connectivity index (χ3n) is 4.53. The van der Waals surface area contributed by atoms with Gasteiger partial charge in [-0.15, -0.1) is 0 Å². The lowest BCUT2D eigenvalue weighted by molar-refractivity contribution is -0.142. The van der Waals surface area contributed by atoms with Crippen LogP contribution in [0.15, 0.2) is 24.3 Å². The average Bonchev–Trinajstić information content (AvgIpc) is 2.76. The highest BCUT2D eigenvalue weighted by Gasteiger charge is 2.28. The predicted octanol–water partition coefficient (Wildman–Crippen LogP) is -0.496. The molecule has 0 spiro atoms. The van der Waals surface area contributed by atoms with Gasteiger partial charge in [0.2, 0.25) is 17.7 Å². The fourth-order valence-corrected chi connectivity index (χ4v) is 3.34. The topological polar surface area (TPSA) is 171 Å². The van der Waals surface area contributed by atoms with E-state index in [9.17, 15) is 29.4 Å². The molecule has 10 nitrogen and oxygen atoms in total. The molecule has 0 heterocycles. The second kappa shape index (κ2) is 13.9. The summed E-state index contributed by atoms with van der Waals surface area (Å²) >= 11 is 5.61. The van der Waals surface area contributed by atoms with Crippen molar-refractivity contribution in [2.75, 3.05) is 17.8 Å². The largest absolute Gasteiger partial charge is 0.508 e. The second-order valence-electron chi connectivity index (χ2n) is 7.13. The minimum absolute atomic E-state index is 0.0189. The fraction of sp³-hybridized carbons (Fsp3) is 0.500. The first kappa shape index (κ1) is 27.6. The van der Waals surface area contributed by atoms with Gasteiger partial charge in [-0.2, -0.15) is 24.4 Å². The molecule has 178 valence electrons. The van der Waals surface area contributed by atoms with Crippen LogP contribution >= 0.6 is 24.4 Å². The van der Waals surface area contributed by atoms with Gasteiger partial charge in [-0.1, -0.05) is 12.1 Å². The highest BCUT2D eigenvalue weighted by Crippen LogP contribution is 2.11. The van der Waals surface area contributed by atoms with E-state index in [1.807, 2.05) is 6.26 Å². The number of aliphatic carboxylic acids is 1. The van der Waals surface area contributed by atoms with Crippen molar-refractivity contribution in [2.24, 2.45) is 5.73 Å². The zero-order valence-corrected chi connectivity index (χ0v) is 19.6. The Morgan fingerprint density at radius 1 is 1.03 bits per heavy atom. The monoisotopic (exact) mass is 486 g/mol. The van der Waals surface area contributed by atoms with Crippen LogP contribution in [0.1, 0.15) is 18.9 Å². The third kappa shape index (κ3) is 9.37. The highest BCUT2D eigenvalue weighted by molar-refractivity contribution is 7.98. The summed E-state index contributed by atoms with van der Waals surface area (Å²) in [4.78, 5) is 48.6. The van der Waals surface area contributed by atoms with E-state index in [0.29, 0.717) is 17.7 Å². The van der Waals surface area contributed by atoms with Crippen molar-refractivity contribution in [3.63, 3.8) is 0 Å². The molecular formula is C20H30N4O6S2. The number of thioether (sulfide) groups is 1. The first-order chi connectivity index (χ1) is 15.1. The van der Waals surface area contributed by atoms with E-state index in [1.165, 1.54) is 19.1 Å². The van der Waals surface area contributed by atoms with E-state index in [4.69, 9.17) is 5.73 Å². The van der Waals surface area contributed by atoms with Gasteiger partial charge in [0.05, 0.1) is 6.04 Å². The Kier molecular flexibility index (Phi) is 12.0. The van der Waals surface area contributed by atoms with E-state index in [2.05, 4.69) is 28.6 Å². The van der Waals surface area contributed by atoms with Crippen LogP contribution < -0.4 is 21.7 Å². The van der Waals surface area contributed by atoms with Crippen LogP contribution in [-0.4, -0.2) is 75.8 Å². The number of amides is 3. The van der Waals surface area contributed by atoms with E-state index in [0.717, 1.165) is 0 Å². The number of aromatic hydroxyl groups is 1. The van der Waals surface area contributed by atoms with Crippen molar-refractivity contribution < 1.29 is 29.4 Å². The van der Waals surface area contributed by atoms with Crippen LogP contribution in [0.3, 0.4) is 0 Å². The van der Waals surface area contributed by atoms with Gasteiger partial charge >= 0.3 is 5.97 Å². The molecule has 1 aromatic carbocycles. The molecule has 4 atom stereocenters. The standard InChI is InChI=1S/C20H30N4O6S2/c1-11(22-18(27)14(21)7-8-32-2)17(26)24-16(10-31)19(28)23-15(20(29)30)9-12-3-5-13(25)6-4-12/h3-6,11,14-16,25,31H,7-10,21H2,1-2H3,(H,22,27)(H,23,28)(H,24,26)(H,29,30). The van der Waals surface area contributed by atoms with Gasteiger partial charge in [-0.3, -0.25) is 14.4 Å². The summed E-state index contributed by atoms with van der Waals surface area (Å²) in [7, 11) is 0. The van der Waals surface area contributed by atoms with Crippen LogP contribution in [0, 0.1) is 0 Å². The summed E-state index contributed by atoms with van der Waals surface area (Å²) in [5, 5.41) is 26.1. The van der Waals surface area contributed by atoms with Crippen molar-refractivity contribution in [1.82, 2.24) is 16.0 Å². The SMILES string of the molecule is CSCCC(N)C(=O)NC(C)C(=O)NC(CS)C(=O)NC(Cc1ccc(O)cc1)C(=O)O. The molecular weight excluding hydrogens is 456 g/mol. The summed E-state index contributed by atoms with van der Waals surface area (Å²) in [6.07, 6.45) is 2.33. The highest BCUT2D eigenvalue weighted by atomic mass is 32.2. The average molecular weight is 487 g/mol. The second-order valence-corrected chi connectivity index (χ2v) is 8.48. The number of hydrogen-bond acceptors (Lipinski definition) is 8. The third-order valence-corrected chi connectivity index (χ3v) is 5.54. The summed E-state index contributed by atoms with van der Waals surface area (Å²) < 4.78 is 0. The van der Waals surface area contributed by atoms with Gasteiger partial charge in [-0.05, 0) is 43.0 Å². The zero-order chi connectivity index (χ0) is 24.3. The molecule has 0 saturated carbocycles. The Hall–Kier alpha value is -2.44. The van der Waals surface area contributed by atoms with Crippen molar-refractivity contribution in [3.05, 3.63) is 29.8 Å². The predicted molar refractivity (Wildman–Crippen MR) is 126 cm³/mol. The van der Waals surface area contributed by atoms with Crippen LogP contribution in [-0.2, 0) is 25.6 Å². The normalized spacial score (nSPS) is 14.5. The van der Waals surface area contributed by atoms with Gasteiger partial charge in [0, 0.05) is 12.2 Å². The van der Waals surface area contributed by atoms with Gasteiger partial charge in [0.1, 0.15) is 23.9 Å².